The molecule has 0 bridgehead atoms. The van der Waals surface area contributed by atoms with E-state index in [2.05, 4.69) is 0 Å². The third-order valence-corrected chi connectivity index (χ3v) is 3.71. The van der Waals surface area contributed by atoms with Crippen LogP contribution < -0.4 is 0 Å². The molecular weight excluding hydrogens is 280 g/mol. The van der Waals surface area contributed by atoms with Crippen LogP contribution in [0, 0.1) is 5.82 Å². The van der Waals surface area contributed by atoms with Gasteiger partial charge in [0.25, 0.3) is 0 Å². The van der Waals surface area contributed by atoms with E-state index >= 15 is 0 Å². The smallest absolute Gasteiger partial charge is 0.388 e. The molecule has 0 aliphatic carbocycles. The van der Waals surface area contributed by atoms with Crippen molar-refractivity contribution in [1.82, 2.24) is 0 Å². The van der Waals surface area contributed by atoms with Gasteiger partial charge in [-0.3, -0.25) is 0 Å². The van der Waals surface area contributed by atoms with Gasteiger partial charge in [0.2, 0.25) is 0 Å². The largest absolute Gasteiger partial charge is 0.419 e. The second-order valence-electron chi connectivity index (χ2n) is 5.18. The highest BCUT2D eigenvalue weighted by atomic mass is 32.2. The molecule has 0 radical (unpaired) electrons. The number of benzene rings is 1. The maximum absolute atomic E-state index is 13.3. The van der Waals surface area contributed by atoms with Crippen molar-refractivity contribution in [2.75, 3.05) is 5.75 Å². The van der Waals surface area contributed by atoms with Crippen molar-refractivity contribution in [2.45, 2.75) is 37.8 Å². The number of alkyl halides is 3. The van der Waals surface area contributed by atoms with Crippen molar-refractivity contribution in [1.29, 1.82) is 0 Å². The van der Waals surface area contributed by atoms with E-state index in [1.807, 2.05) is 20.8 Å². The Bertz CT molecular complexity index is 437. The number of aliphatic hydroxyl groups excluding tert-OH is 1. The summed E-state index contributed by atoms with van der Waals surface area (Å²) in [7, 11) is 0. The molecule has 0 aromatic heterocycles. The first-order valence-electron chi connectivity index (χ1n) is 5.69. The average Bonchev–Trinajstić information content (AvgIpc) is 2.22. The zero-order valence-corrected chi connectivity index (χ0v) is 11.7. The van der Waals surface area contributed by atoms with Gasteiger partial charge in [0.15, 0.2) is 0 Å². The van der Waals surface area contributed by atoms with E-state index in [1.165, 1.54) is 11.8 Å². The first-order valence-corrected chi connectivity index (χ1v) is 6.68. The molecular formula is C13H16F4OS. The number of hydrogen-bond acceptors (Lipinski definition) is 2. The van der Waals surface area contributed by atoms with Crippen LogP contribution in [-0.4, -0.2) is 15.6 Å². The van der Waals surface area contributed by atoms with Crippen molar-refractivity contribution in [3.63, 3.8) is 0 Å². The van der Waals surface area contributed by atoms with Gasteiger partial charge in [-0.15, -0.1) is 0 Å². The zero-order valence-electron chi connectivity index (χ0n) is 10.9. The third kappa shape index (κ3) is 5.03. The Labute approximate surface area is 114 Å². The van der Waals surface area contributed by atoms with Gasteiger partial charge in [-0.05, 0) is 17.7 Å². The van der Waals surface area contributed by atoms with Gasteiger partial charge in [-0.2, -0.15) is 24.9 Å². The number of thioether (sulfide) groups is 1. The van der Waals surface area contributed by atoms with Crippen molar-refractivity contribution in [3.05, 3.63) is 35.1 Å². The number of rotatable bonds is 3. The molecule has 0 saturated carbocycles. The fourth-order valence-electron chi connectivity index (χ4n) is 1.39. The van der Waals surface area contributed by atoms with Crippen LogP contribution in [0.15, 0.2) is 18.2 Å². The van der Waals surface area contributed by atoms with Gasteiger partial charge in [0.05, 0.1) is 11.7 Å². The molecule has 1 atom stereocenters. The monoisotopic (exact) mass is 296 g/mol. The summed E-state index contributed by atoms with van der Waals surface area (Å²) in [4.78, 5) is 0. The van der Waals surface area contributed by atoms with Crippen LogP contribution in [-0.2, 0) is 6.18 Å². The lowest BCUT2D eigenvalue weighted by Crippen LogP contribution is -2.13. The molecule has 1 rings (SSSR count). The standard InChI is InChI=1S/C13H16F4OS/c1-12(2,3)19-7-11(18)8-4-5-9(10(14)6-8)13(15,16)17/h4-6,11,18H,7H2,1-3H3. The van der Waals surface area contributed by atoms with E-state index in [4.69, 9.17) is 0 Å². The summed E-state index contributed by atoms with van der Waals surface area (Å²) in [5.74, 6) is -1.06. The lowest BCUT2D eigenvalue weighted by Gasteiger charge is -2.20. The van der Waals surface area contributed by atoms with E-state index < -0.39 is 23.7 Å². The fourth-order valence-corrected chi connectivity index (χ4v) is 2.24. The first-order chi connectivity index (χ1) is 8.50. The van der Waals surface area contributed by atoms with Gasteiger partial charge in [-0.25, -0.2) is 4.39 Å². The number of halogens is 4. The van der Waals surface area contributed by atoms with Gasteiger partial charge in [-0.1, -0.05) is 26.8 Å². The van der Waals surface area contributed by atoms with Crippen LogP contribution >= 0.6 is 11.8 Å². The highest BCUT2D eigenvalue weighted by molar-refractivity contribution is 8.00. The molecule has 0 heterocycles. The van der Waals surface area contributed by atoms with Crippen molar-refractivity contribution in [2.24, 2.45) is 0 Å². The molecule has 0 aliphatic rings. The topological polar surface area (TPSA) is 20.2 Å². The molecule has 1 aromatic rings. The molecule has 1 N–H and O–H groups in total. The van der Waals surface area contributed by atoms with Gasteiger partial charge >= 0.3 is 6.18 Å². The van der Waals surface area contributed by atoms with E-state index in [9.17, 15) is 22.7 Å². The Morgan fingerprint density at radius 1 is 1.21 bits per heavy atom. The van der Waals surface area contributed by atoms with Gasteiger partial charge in [0.1, 0.15) is 5.82 Å². The summed E-state index contributed by atoms with van der Waals surface area (Å²) >= 11 is 1.46. The maximum atomic E-state index is 13.3. The summed E-state index contributed by atoms with van der Waals surface area (Å²) in [6, 6.07) is 2.52. The Hall–Kier alpha value is -0.750. The van der Waals surface area contributed by atoms with Crippen molar-refractivity contribution >= 4 is 11.8 Å². The normalized spacial score (nSPS) is 14.5. The lowest BCUT2D eigenvalue weighted by atomic mass is 10.1. The summed E-state index contributed by atoms with van der Waals surface area (Å²) in [6.07, 6.45) is -5.70. The van der Waals surface area contributed by atoms with Crippen molar-refractivity contribution < 1.29 is 22.7 Å². The second-order valence-corrected chi connectivity index (χ2v) is 7.02. The molecule has 108 valence electrons. The lowest BCUT2D eigenvalue weighted by molar-refractivity contribution is -0.140. The molecule has 6 heteroatoms. The molecule has 19 heavy (non-hydrogen) atoms. The molecule has 1 nitrogen and oxygen atoms in total. The summed E-state index contributed by atoms with van der Waals surface area (Å²) in [5.41, 5.74) is -1.16. The highest BCUT2D eigenvalue weighted by Gasteiger charge is 2.34. The van der Waals surface area contributed by atoms with Crippen LogP contribution in [0.5, 0.6) is 0 Å². The Kier molecular flexibility index (Phi) is 4.90. The highest BCUT2D eigenvalue weighted by Crippen LogP contribution is 2.33. The van der Waals surface area contributed by atoms with Crippen LogP contribution in [0.25, 0.3) is 0 Å². The molecule has 0 fully saturated rings. The van der Waals surface area contributed by atoms with E-state index in [-0.39, 0.29) is 10.3 Å². The van der Waals surface area contributed by atoms with Gasteiger partial charge < -0.3 is 5.11 Å². The van der Waals surface area contributed by atoms with E-state index in [0.29, 0.717) is 11.8 Å². The van der Waals surface area contributed by atoms with E-state index in [0.717, 1.165) is 12.1 Å². The SMILES string of the molecule is CC(C)(C)SCC(O)c1ccc(C(F)(F)F)c(F)c1. The molecule has 1 aromatic carbocycles. The minimum atomic E-state index is -4.71. The summed E-state index contributed by atoms with van der Waals surface area (Å²) in [5, 5.41) is 9.83. The average molecular weight is 296 g/mol. The second kappa shape index (κ2) is 5.71. The Balaban J connectivity index is 2.83. The Morgan fingerprint density at radius 2 is 1.79 bits per heavy atom. The molecule has 1 unspecified atom stereocenters. The molecule has 0 spiro atoms. The van der Waals surface area contributed by atoms with Crippen LogP contribution in [0.3, 0.4) is 0 Å². The molecule has 0 amide bonds. The predicted molar refractivity (Wildman–Crippen MR) is 68.6 cm³/mol. The third-order valence-electron chi connectivity index (χ3n) is 2.36. The quantitative estimate of drug-likeness (QED) is 0.834. The summed E-state index contributed by atoms with van der Waals surface area (Å²) in [6.45, 7) is 5.87. The Morgan fingerprint density at radius 3 is 2.21 bits per heavy atom. The predicted octanol–water partition coefficient (Wildman–Crippen LogP) is 4.41. The van der Waals surface area contributed by atoms with E-state index in [1.54, 1.807) is 0 Å². The molecule has 0 aliphatic heterocycles. The minimum absolute atomic E-state index is 0.0779. The molecule has 0 saturated heterocycles. The summed E-state index contributed by atoms with van der Waals surface area (Å²) < 4.78 is 50.4. The van der Waals surface area contributed by atoms with Crippen LogP contribution in [0.2, 0.25) is 0 Å². The van der Waals surface area contributed by atoms with Crippen LogP contribution in [0.4, 0.5) is 17.6 Å². The number of aliphatic hydroxyl groups is 1. The zero-order chi connectivity index (χ0) is 14.8. The van der Waals surface area contributed by atoms with Crippen LogP contribution in [0.1, 0.15) is 38.0 Å². The fraction of sp³-hybridized carbons (Fsp3) is 0.538. The minimum Gasteiger partial charge on any atom is -0.388 e. The number of hydrogen-bond donors (Lipinski definition) is 1. The van der Waals surface area contributed by atoms with Gasteiger partial charge in [0, 0.05) is 10.5 Å². The van der Waals surface area contributed by atoms with Crippen molar-refractivity contribution in [3.8, 4) is 0 Å². The maximum Gasteiger partial charge on any atom is 0.419 e. The first kappa shape index (κ1) is 16.3.